The third kappa shape index (κ3) is 195. The number of hydrogen-bond acceptors (Lipinski definition) is 7. The molecule has 0 fully saturated rings. The summed E-state index contributed by atoms with van der Waals surface area (Å²) in [5.74, 6) is 2.10. The number of unbranched alkanes of at least 4 members (excludes halogenated alkanes) is 4. The summed E-state index contributed by atoms with van der Waals surface area (Å²) in [6.07, 6.45) is 9.97. The van der Waals surface area contributed by atoms with E-state index in [4.69, 9.17) is 79.7 Å². The van der Waals surface area contributed by atoms with Crippen LogP contribution in [-0.4, -0.2) is 75.3 Å². The van der Waals surface area contributed by atoms with Crippen LogP contribution in [0.5, 0.6) is 0 Å². The summed E-state index contributed by atoms with van der Waals surface area (Å²) in [6, 6.07) is 0. The smallest absolute Gasteiger partial charge is 1.00 e. The van der Waals surface area contributed by atoms with Gasteiger partial charge in [0.1, 0.15) is 0 Å². The Bertz CT molecular complexity index is 622. The average molecular weight is 968 g/mol. The second-order valence-electron chi connectivity index (χ2n) is 7.36. The van der Waals surface area contributed by atoms with Crippen LogP contribution in [0.4, 0.5) is 0 Å². The van der Waals surface area contributed by atoms with Crippen LogP contribution in [0.1, 0.15) is 101 Å². The molecule has 0 aliphatic rings. The van der Waals surface area contributed by atoms with E-state index in [2.05, 4.69) is 51.3 Å². The Morgan fingerprint density at radius 1 is 0.510 bits per heavy atom. The van der Waals surface area contributed by atoms with Crippen LogP contribution in [-0.2, 0) is 0 Å². The normalized spacial score (nSPS) is 6.80. The molecular formula is C27H71Br2Cl4N16Na2-. The number of rotatable bonds is 21. The second-order valence-corrected chi connectivity index (χ2v) is 9.29. The standard InChI is InChI=1S/C7H17N5.C4H8BrCl.2C4H8ClN3.C3H10N2.5CH4.BrH.ClH.N3.2Na/c8-4-3-6-10-5-1-2-7-11-12-9;5-3-1-2-4-6;2*5-3-1-2-4-7-8-6;4-2-1-3-5;;;;;;;;1-3-2;;/h10H,1-8H2;1-4H2;2*1-4H2;1-5H2;5*1H4;2*1H;;;/q;;;;;;;;;;;;-1;2*+1/p-2. The van der Waals surface area contributed by atoms with Gasteiger partial charge in [-0.1, -0.05) is 68.4 Å². The zero-order chi connectivity index (χ0) is 33.2. The first kappa shape index (κ1) is 98.9. The molecule has 24 heteroatoms. The minimum atomic E-state index is 0. The third-order valence-electron chi connectivity index (χ3n) is 3.82. The van der Waals surface area contributed by atoms with Gasteiger partial charge in [0.2, 0.25) is 0 Å². The summed E-state index contributed by atoms with van der Waals surface area (Å²) < 4.78 is 0. The maximum absolute atomic E-state index is 7.97. The van der Waals surface area contributed by atoms with Gasteiger partial charge in [0, 0.05) is 57.3 Å². The van der Waals surface area contributed by atoms with Gasteiger partial charge >= 0.3 is 59.1 Å². The van der Waals surface area contributed by atoms with Crippen LogP contribution >= 0.6 is 50.7 Å². The zero-order valence-electron chi connectivity index (χ0n) is 27.4. The fourth-order valence-corrected chi connectivity index (χ4v) is 2.74. The minimum Gasteiger partial charge on any atom is -1.00 e. The van der Waals surface area contributed by atoms with Crippen LogP contribution in [0.3, 0.4) is 0 Å². The number of halogens is 6. The molecule has 0 heterocycles. The molecule has 0 aromatic rings. The quantitative estimate of drug-likeness (QED) is 0.0293. The fraction of sp³-hybridized carbons (Fsp3) is 1.00. The van der Waals surface area contributed by atoms with Crippen molar-refractivity contribution in [1.82, 2.24) is 5.32 Å². The molecule has 7 N–H and O–H groups in total. The predicted molar refractivity (Wildman–Crippen MR) is 218 cm³/mol. The monoisotopic (exact) mass is 963 g/mol. The van der Waals surface area contributed by atoms with Crippen molar-refractivity contribution in [1.29, 1.82) is 0 Å². The first-order chi connectivity index (χ1) is 20.5. The maximum Gasteiger partial charge on any atom is 1.00 e. The van der Waals surface area contributed by atoms with Crippen LogP contribution in [0, 0.1) is 0 Å². The van der Waals surface area contributed by atoms with Crippen LogP contribution in [0.25, 0.3) is 47.3 Å². The predicted octanol–water partition coefficient (Wildman–Crippen LogP) is -0.596. The number of hydrogen-bond donors (Lipinski definition) is 4. The molecule has 0 bridgehead atoms. The van der Waals surface area contributed by atoms with Crippen LogP contribution < -0.4 is 111 Å². The van der Waals surface area contributed by atoms with Gasteiger partial charge in [-0.25, -0.2) is 0 Å². The van der Waals surface area contributed by atoms with Gasteiger partial charge in [0.15, 0.2) is 0 Å². The Kier molecular flexibility index (Phi) is 257. The molecule has 0 spiro atoms. The molecule has 51 heavy (non-hydrogen) atoms. The molecule has 0 saturated carbocycles. The first-order valence-corrected chi connectivity index (χ1v) is 16.3. The number of alkyl halides is 4. The molecule has 0 atom stereocenters. The van der Waals surface area contributed by atoms with E-state index in [1.807, 2.05) is 0 Å². The number of nitrogens with one attached hydrogen (secondary N) is 1. The Labute approximate surface area is 396 Å². The van der Waals surface area contributed by atoms with Gasteiger partial charge in [-0.3, -0.25) is 4.91 Å². The molecule has 0 aliphatic carbocycles. The molecule has 0 rings (SSSR count). The van der Waals surface area contributed by atoms with Gasteiger partial charge in [-0.2, -0.15) is 0 Å². The largest absolute Gasteiger partial charge is 1.00 e. The van der Waals surface area contributed by atoms with Crippen molar-refractivity contribution in [3.05, 3.63) is 47.3 Å². The molecular weight excluding hydrogens is 896 g/mol. The molecule has 0 radical (unpaired) electrons. The SMILES string of the molecule is C.C.C.C.C.ClCCCCBr.NCCCN.[Br-].[Cl-].[N-]=[N+]=NCCCCCl.[N-]=[N+]=NCCCCCl.[N-]=[N+]=NCCCCNCCCN.[N-]=[N+]=[N-].[Na+].[Na+]. The number of azide groups is 3. The van der Waals surface area contributed by atoms with Crippen molar-refractivity contribution in [2.24, 2.45) is 32.5 Å². The molecule has 0 unspecified atom stereocenters. The van der Waals surface area contributed by atoms with E-state index in [1.165, 1.54) is 11.3 Å². The molecule has 0 aliphatic heterocycles. The zero-order valence-corrected chi connectivity index (χ0v) is 37.6. The van der Waals surface area contributed by atoms with Crippen molar-refractivity contribution in [2.75, 3.05) is 75.3 Å². The first-order valence-electron chi connectivity index (χ1n) is 13.5. The van der Waals surface area contributed by atoms with E-state index in [-0.39, 0.29) is 126 Å². The van der Waals surface area contributed by atoms with Crippen molar-refractivity contribution >= 4 is 50.7 Å². The van der Waals surface area contributed by atoms with E-state index in [1.54, 1.807) is 0 Å². The fourth-order valence-electron chi connectivity index (χ4n) is 1.78. The van der Waals surface area contributed by atoms with Crippen molar-refractivity contribution < 1.29 is 88.5 Å². The summed E-state index contributed by atoms with van der Waals surface area (Å²) in [6.45, 7) is 5.90. The number of nitrogens with two attached hydrogens (primary N) is 3. The van der Waals surface area contributed by atoms with Crippen LogP contribution in [0.2, 0.25) is 0 Å². The summed E-state index contributed by atoms with van der Waals surface area (Å²) in [7, 11) is 0. The van der Waals surface area contributed by atoms with Crippen molar-refractivity contribution in [2.45, 2.75) is 101 Å². The van der Waals surface area contributed by atoms with Crippen molar-refractivity contribution in [3.8, 4) is 0 Å². The summed E-state index contributed by atoms with van der Waals surface area (Å²) in [5, 5.41) is 14.4. The Hall–Kier alpha value is 1.20. The molecule has 0 saturated heterocycles. The topological polar surface area (TPSA) is 295 Å². The van der Waals surface area contributed by atoms with Gasteiger partial charge in [0.25, 0.3) is 0 Å². The average Bonchev–Trinajstić information content (AvgIpc) is 3.00. The van der Waals surface area contributed by atoms with Crippen molar-refractivity contribution in [3.63, 3.8) is 0 Å². The molecule has 0 amide bonds. The van der Waals surface area contributed by atoms with Crippen LogP contribution in [0.15, 0.2) is 15.3 Å². The molecule has 304 valence electrons. The van der Waals surface area contributed by atoms with E-state index in [9.17, 15) is 0 Å². The summed E-state index contributed by atoms with van der Waals surface area (Å²) in [4.78, 5) is 9.35. The third-order valence-corrected chi connectivity index (χ3v) is 5.18. The summed E-state index contributed by atoms with van der Waals surface area (Å²) >= 11 is 19.3. The van der Waals surface area contributed by atoms with Gasteiger partial charge in [-0.15, -0.1) is 34.8 Å². The Morgan fingerprint density at radius 3 is 1.00 bits per heavy atom. The molecule has 16 nitrogen and oxygen atoms in total. The van der Waals surface area contributed by atoms with E-state index in [0.717, 1.165) is 102 Å². The van der Waals surface area contributed by atoms with E-state index < -0.39 is 0 Å². The van der Waals surface area contributed by atoms with Gasteiger partial charge in [0.05, 0.1) is 0 Å². The molecule has 0 aromatic carbocycles. The molecule has 0 aromatic heterocycles. The number of nitrogens with zero attached hydrogens (tertiary/aromatic N) is 12. The Morgan fingerprint density at radius 2 is 0.784 bits per heavy atom. The maximum atomic E-state index is 7.97. The van der Waals surface area contributed by atoms with E-state index >= 15 is 0 Å². The van der Waals surface area contributed by atoms with E-state index in [0.29, 0.717) is 31.4 Å². The Balaban J connectivity index is -0.0000000235. The summed E-state index contributed by atoms with van der Waals surface area (Å²) in [5.41, 5.74) is 52.5. The van der Waals surface area contributed by atoms with Gasteiger partial charge < -0.3 is 63.0 Å². The van der Waals surface area contributed by atoms with Gasteiger partial charge in [-0.05, 0) is 114 Å². The second kappa shape index (κ2) is 133. The minimum absolute atomic E-state index is 0.